The molecule has 0 radical (unpaired) electrons. The molecule has 12 aromatic rings. The molecule has 0 saturated heterocycles. The third kappa shape index (κ3) is 4.23. The van der Waals surface area contributed by atoms with Crippen LogP contribution in [-0.2, 0) is 5.91 Å². The first-order chi connectivity index (χ1) is 38.3. The molecule has 2 aliphatic carbocycles. The van der Waals surface area contributed by atoms with Gasteiger partial charge in [0.1, 0.15) is 0 Å². The molecule has 10 aromatic carbocycles. The molecule has 0 fully saturated rings. The fourth-order valence-electron chi connectivity index (χ4n) is 15.9. The molecule has 0 N–H and O–H groups in total. The zero-order valence-electron chi connectivity index (χ0n) is 41.4. The molecule has 8 aliphatic rings. The van der Waals surface area contributed by atoms with Crippen LogP contribution in [0.2, 0.25) is 0 Å². The lowest BCUT2D eigenvalue weighted by Crippen LogP contribution is -2.71. The van der Waals surface area contributed by atoms with E-state index in [1.54, 1.807) is 0 Å². The first-order valence-corrected chi connectivity index (χ1v) is 27.0. The van der Waals surface area contributed by atoms with Crippen LogP contribution >= 0.6 is 0 Å². The van der Waals surface area contributed by atoms with E-state index in [-0.39, 0.29) is 0 Å². The van der Waals surface area contributed by atoms with Crippen LogP contribution in [0.25, 0.3) is 99.7 Å². The summed E-state index contributed by atoms with van der Waals surface area (Å²) in [5, 5.41) is 7.67. The lowest BCUT2D eigenvalue weighted by molar-refractivity contribution is -0.805. The predicted octanol–water partition coefficient (Wildman–Crippen LogP) is 13.9. The van der Waals surface area contributed by atoms with Crippen LogP contribution in [0.1, 0.15) is 55.9 Å². The monoisotopic (exact) mass is 972 g/mol. The van der Waals surface area contributed by atoms with Crippen molar-refractivity contribution in [1.82, 2.24) is 9.13 Å². The number of rotatable bonds is 4. The number of nitrogens with zero attached hydrogens (tertiary/aromatic N) is 4. The van der Waals surface area contributed by atoms with Gasteiger partial charge in [-0.1, -0.05) is 228 Å². The fourth-order valence-corrected chi connectivity index (χ4v) is 15.9. The van der Waals surface area contributed by atoms with Crippen LogP contribution < -0.4 is 10.7 Å². The number of aromatic nitrogens is 2. The standard InChI is InChI=1S/C73H40N4/c1-5-21-43(22-6-1)57-65-47-33-13-14-34-48(47)66-58(44-23-7-2-8-24-44)71-63-53-39-19-31-42-32-20-40-54(56(42)53)64(63)72-60(46-27-11-4-12-28-46)68-50-36-16-15-35-49(50)67-59(45-25-9-3-10-26-45)70-62-52-38-18-30-41-29-17-37-51(55(41)52)61(62)69(57)76(70)73(74(65)66,75(67)68)77(71)72/h1-40H/q+2. The summed E-state index contributed by atoms with van der Waals surface area (Å²) in [5.74, 6) is -1.09. The molecule has 8 heterocycles. The molecular weight excluding hydrogens is 933 g/mol. The normalized spacial score (nSPS) is 16.2. The third-order valence-electron chi connectivity index (χ3n) is 18.3. The van der Waals surface area contributed by atoms with Crippen LogP contribution in [0.4, 0.5) is 0 Å². The van der Waals surface area contributed by atoms with Crippen molar-refractivity contribution >= 4 is 66.7 Å². The maximum absolute atomic E-state index is 2.89. The molecule has 0 bridgehead atoms. The third-order valence-corrected chi connectivity index (χ3v) is 18.3. The Kier molecular flexibility index (Phi) is 6.83. The van der Waals surface area contributed by atoms with Crippen molar-refractivity contribution in [1.29, 1.82) is 0 Å². The number of hydrogen-bond donors (Lipinski definition) is 0. The van der Waals surface area contributed by atoms with Gasteiger partial charge in [0.05, 0.1) is 66.6 Å². The summed E-state index contributed by atoms with van der Waals surface area (Å²) in [6.07, 6.45) is 0. The highest BCUT2D eigenvalue weighted by atomic mass is 15.6. The van der Waals surface area contributed by atoms with Crippen LogP contribution in [0.3, 0.4) is 0 Å². The van der Waals surface area contributed by atoms with Crippen LogP contribution in [-0.4, -0.2) is 29.7 Å². The summed E-state index contributed by atoms with van der Waals surface area (Å²) < 4.78 is 11.5. The molecule has 0 atom stereocenters. The van der Waals surface area contributed by atoms with Gasteiger partial charge in [0, 0.05) is 22.3 Å². The van der Waals surface area contributed by atoms with E-state index in [0.717, 1.165) is 0 Å². The van der Waals surface area contributed by atoms with Gasteiger partial charge in [-0.15, -0.1) is 0 Å². The van der Waals surface area contributed by atoms with E-state index in [2.05, 4.69) is 261 Å². The molecule has 0 unspecified atom stereocenters. The maximum atomic E-state index is 2.89. The topological polar surface area (TPSA) is 15.9 Å². The zero-order chi connectivity index (χ0) is 49.6. The van der Waals surface area contributed by atoms with Gasteiger partial charge < -0.3 is 0 Å². The van der Waals surface area contributed by atoms with Gasteiger partial charge in [-0.2, -0.15) is 9.13 Å². The highest BCUT2D eigenvalue weighted by Crippen LogP contribution is 2.65. The molecule has 2 aromatic heterocycles. The highest BCUT2D eigenvalue weighted by molar-refractivity contribution is 6.37. The molecule has 77 heavy (non-hydrogen) atoms. The Morgan fingerprint density at radius 1 is 0.260 bits per heavy atom. The zero-order valence-corrected chi connectivity index (χ0v) is 41.4. The van der Waals surface area contributed by atoms with E-state index in [1.165, 1.54) is 178 Å². The van der Waals surface area contributed by atoms with Gasteiger partial charge in [-0.05, 0) is 90.3 Å². The predicted molar refractivity (Wildman–Crippen MR) is 310 cm³/mol. The van der Waals surface area contributed by atoms with Crippen molar-refractivity contribution in [2.75, 3.05) is 0 Å². The first-order valence-electron chi connectivity index (χ1n) is 27.0. The van der Waals surface area contributed by atoms with Crippen molar-refractivity contribution in [3.05, 3.63) is 309 Å². The molecule has 6 aliphatic heterocycles. The summed E-state index contributed by atoms with van der Waals surface area (Å²) in [4.78, 5) is 0. The second kappa shape index (κ2) is 13.4. The number of benzene rings is 10. The first kappa shape index (κ1) is 39.3. The largest absolute Gasteiger partial charge is 0.554 e. The minimum atomic E-state index is -1.09. The highest BCUT2D eigenvalue weighted by Gasteiger charge is 2.77. The Morgan fingerprint density at radius 3 is 0.948 bits per heavy atom. The van der Waals surface area contributed by atoms with E-state index in [0.29, 0.717) is 0 Å². The summed E-state index contributed by atoms with van der Waals surface area (Å²) in [5.41, 5.74) is 32.5. The number of hydrogen-bond acceptors (Lipinski definition) is 0. The minimum Gasteiger partial charge on any atom is -0.197 e. The Hall–Kier alpha value is -10.2. The summed E-state index contributed by atoms with van der Waals surface area (Å²) >= 11 is 0. The number of fused-ring (bicyclic) bond motifs is 16. The Labute approximate surface area is 442 Å². The average Bonchev–Trinajstić information content (AvgIpc) is 3.57. The Balaban J connectivity index is 1.16. The van der Waals surface area contributed by atoms with E-state index in [1.807, 2.05) is 0 Å². The van der Waals surface area contributed by atoms with Crippen molar-refractivity contribution in [2.45, 2.75) is 5.91 Å². The lowest BCUT2D eigenvalue weighted by Gasteiger charge is -2.42. The Bertz CT molecular complexity index is 4850. The average molecular weight is 973 g/mol. The second-order valence-electron chi connectivity index (χ2n) is 21.7. The quantitative estimate of drug-likeness (QED) is 0.156. The Morgan fingerprint density at radius 2 is 0.571 bits per heavy atom. The van der Waals surface area contributed by atoms with Crippen LogP contribution in [0.15, 0.2) is 243 Å². The van der Waals surface area contributed by atoms with Crippen molar-refractivity contribution in [2.24, 2.45) is 0 Å². The van der Waals surface area contributed by atoms with Gasteiger partial charge in [0.25, 0.3) is 0 Å². The fraction of sp³-hybridized carbons (Fsp3) is 0.0137. The van der Waals surface area contributed by atoms with Crippen molar-refractivity contribution in [3.63, 3.8) is 0 Å². The van der Waals surface area contributed by atoms with E-state index >= 15 is 0 Å². The molecule has 350 valence electrons. The van der Waals surface area contributed by atoms with Gasteiger partial charge in [-0.3, -0.25) is 0 Å². The van der Waals surface area contributed by atoms with E-state index < -0.39 is 5.91 Å². The van der Waals surface area contributed by atoms with Crippen molar-refractivity contribution < 1.29 is 9.15 Å². The van der Waals surface area contributed by atoms with Gasteiger partial charge in [-0.25, -0.2) is 0 Å². The van der Waals surface area contributed by atoms with Gasteiger partial charge >= 0.3 is 5.91 Å². The maximum Gasteiger partial charge on any atom is 0.554 e. The van der Waals surface area contributed by atoms with Gasteiger partial charge in [0.2, 0.25) is 22.8 Å². The molecule has 0 amide bonds. The summed E-state index contributed by atoms with van der Waals surface area (Å²) in [7, 11) is 0. The summed E-state index contributed by atoms with van der Waals surface area (Å²) in [6, 6.07) is 92.0. The van der Waals surface area contributed by atoms with E-state index in [9.17, 15) is 0 Å². The smallest absolute Gasteiger partial charge is 0.197 e. The SMILES string of the molecule is c1ccc(C2=C3c4ccccc4C4=[N+]3C35n6c2c2c(c6C(c6ccccc6)=C6c7ccccc7C(=[N+]63)C(c3ccccc3)=c3c6c(c(n35)=C4c3ccccc3)-c3cccc4cccc-6c34)-c3cccc4cccc-2c34)cc1. The molecule has 4 heteroatoms. The molecule has 1 spiro atoms. The molecule has 0 saturated carbocycles. The second-order valence-corrected chi connectivity index (χ2v) is 21.7. The van der Waals surface area contributed by atoms with Crippen molar-refractivity contribution in [3.8, 4) is 44.5 Å². The molecule has 4 nitrogen and oxygen atoms in total. The lowest BCUT2D eigenvalue weighted by atomic mass is 9.89. The van der Waals surface area contributed by atoms with Gasteiger partial charge in [0.15, 0.2) is 0 Å². The summed E-state index contributed by atoms with van der Waals surface area (Å²) in [6.45, 7) is 0. The molecule has 20 rings (SSSR count). The minimum absolute atomic E-state index is 1.09. The molecular formula is C73H40N4+2. The van der Waals surface area contributed by atoms with E-state index in [4.69, 9.17) is 0 Å². The van der Waals surface area contributed by atoms with Crippen LogP contribution in [0, 0.1) is 0 Å². The van der Waals surface area contributed by atoms with Crippen LogP contribution in [0.5, 0.6) is 0 Å².